The van der Waals surface area contributed by atoms with Crippen LogP contribution in [-0.4, -0.2) is 25.1 Å². The summed E-state index contributed by atoms with van der Waals surface area (Å²) in [5.74, 6) is 0.425. The Bertz CT molecular complexity index is 449. The standard InChI is InChI=1S/C14H21N3O3/c1-2-20-12-6-3-5-11(9-12)10-17-14(19)16-8-4-7-13(15)18/h3,5-6,9H,2,4,7-8,10H2,1H3,(H2,15,18)(H2,16,17,19). The summed E-state index contributed by atoms with van der Waals surface area (Å²) in [5.41, 5.74) is 5.96. The van der Waals surface area contributed by atoms with Gasteiger partial charge in [0.2, 0.25) is 5.91 Å². The predicted molar refractivity (Wildman–Crippen MR) is 76.3 cm³/mol. The van der Waals surface area contributed by atoms with Gasteiger partial charge in [0.05, 0.1) is 6.61 Å². The fourth-order valence-corrected chi connectivity index (χ4v) is 1.62. The topological polar surface area (TPSA) is 93.4 Å². The van der Waals surface area contributed by atoms with E-state index in [4.69, 9.17) is 10.5 Å². The van der Waals surface area contributed by atoms with Crippen LogP contribution in [0, 0.1) is 0 Å². The van der Waals surface area contributed by atoms with Crippen molar-refractivity contribution in [2.75, 3.05) is 13.2 Å². The third-order valence-corrected chi connectivity index (χ3v) is 2.55. The fraction of sp³-hybridized carbons (Fsp3) is 0.429. The van der Waals surface area contributed by atoms with Gasteiger partial charge in [-0.15, -0.1) is 0 Å². The minimum absolute atomic E-state index is 0.267. The second-order valence-corrected chi connectivity index (χ2v) is 4.26. The van der Waals surface area contributed by atoms with Crippen molar-refractivity contribution in [3.05, 3.63) is 29.8 Å². The molecule has 0 spiro atoms. The number of primary amides is 1. The fourth-order valence-electron chi connectivity index (χ4n) is 1.62. The highest BCUT2D eigenvalue weighted by atomic mass is 16.5. The molecule has 0 aromatic heterocycles. The lowest BCUT2D eigenvalue weighted by molar-refractivity contribution is -0.118. The molecule has 0 heterocycles. The van der Waals surface area contributed by atoms with Gasteiger partial charge in [0.1, 0.15) is 5.75 Å². The molecule has 0 aliphatic rings. The summed E-state index contributed by atoms with van der Waals surface area (Å²) < 4.78 is 5.38. The van der Waals surface area contributed by atoms with E-state index in [1.165, 1.54) is 0 Å². The molecule has 6 nitrogen and oxygen atoms in total. The van der Waals surface area contributed by atoms with Crippen molar-refractivity contribution in [2.24, 2.45) is 5.73 Å². The van der Waals surface area contributed by atoms with E-state index in [1.807, 2.05) is 31.2 Å². The van der Waals surface area contributed by atoms with Crippen LogP contribution in [0.1, 0.15) is 25.3 Å². The van der Waals surface area contributed by atoms with E-state index in [-0.39, 0.29) is 18.4 Å². The van der Waals surface area contributed by atoms with Crippen molar-refractivity contribution in [1.82, 2.24) is 10.6 Å². The maximum atomic E-state index is 11.5. The van der Waals surface area contributed by atoms with Crippen molar-refractivity contribution in [2.45, 2.75) is 26.3 Å². The van der Waals surface area contributed by atoms with Crippen molar-refractivity contribution in [1.29, 1.82) is 0 Å². The summed E-state index contributed by atoms with van der Waals surface area (Å²) >= 11 is 0. The first-order valence-electron chi connectivity index (χ1n) is 6.63. The molecule has 0 radical (unpaired) electrons. The van der Waals surface area contributed by atoms with Crippen molar-refractivity contribution < 1.29 is 14.3 Å². The lowest BCUT2D eigenvalue weighted by Crippen LogP contribution is -2.35. The predicted octanol–water partition coefficient (Wildman–Crippen LogP) is 1.15. The number of carbonyl (C=O) groups excluding carboxylic acids is 2. The van der Waals surface area contributed by atoms with Gasteiger partial charge in [-0.05, 0) is 31.0 Å². The molecule has 1 rings (SSSR count). The van der Waals surface area contributed by atoms with Gasteiger partial charge in [-0.3, -0.25) is 4.79 Å². The van der Waals surface area contributed by atoms with Gasteiger partial charge in [0.15, 0.2) is 0 Å². The number of ether oxygens (including phenoxy) is 1. The van der Waals surface area contributed by atoms with E-state index in [2.05, 4.69) is 10.6 Å². The second kappa shape index (κ2) is 8.79. The Balaban J connectivity index is 2.26. The molecular formula is C14H21N3O3. The molecule has 6 heteroatoms. The first-order valence-corrected chi connectivity index (χ1v) is 6.63. The lowest BCUT2D eigenvalue weighted by Gasteiger charge is -2.09. The van der Waals surface area contributed by atoms with E-state index in [0.717, 1.165) is 11.3 Å². The van der Waals surface area contributed by atoms with Crippen LogP contribution >= 0.6 is 0 Å². The summed E-state index contributed by atoms with van der Waals surface area (Å²) in [5, 5.41) is 5.39. The minimum atomic E-state index is -0.361. The number of nitrogens with one attached hydrogen (secondary N) is 2. The highest BCUT2D eigenvalue weighted by Gasteiger charge is 2.02. The lowest BCUT2D eigenvalue weighted by atomic mass is 10.2. The van der Waals surface area contributed by atoms with Crippen LogP contribution in [0.5, 0.6) is 5.75 Å². The molecule has 0 fully saturated rings. The number of hydrogen-bond acceptors (Lipinski definition) is 3. The SMILES string of the molecule is CCOc1cccc(CNC(=O)NCCCC(N)=O)c1. The monoisotopic (exact) mass is 279 g/mol. The zero-order chi connectivity index (χ0) is 14.8. The Kier molecular flexibility index (Phi) is 6.95. The normalized spacial score (nSPS) is 9.85. The van der Waals surface area contributed by atoms with Crippen LogP contribution in [0.3, 0.4) is 0 Å². The molecule has 1 aromatic rings. The number of urea groups is 1. The van der Waals surface area contributed by atoms with Crippen LogP contribution in [0.2, 0.25) is 0 Å². The summed E-state index contributed by atoms with van der Waals surface area (Å²) in [7, 11) is 0. The van der Waals surface area contributed by atoms with E-state index in [1.54, 1.807) is 0 Å². The van der Waals surface area contributed by atoms with Gasteiger partial charge < -0.3 is 21.1 Å². The summed E-state index contributed by atoms with van der Waals surface area (Å²) in [6.45, 7) is 3.37. The Morgan fingerprint density at radius 3 is 2.80 bits per heavy atom. The average molecular weight is 279 g/mol. The maximum absolute atomic E-state index is 11.5. The molecular weight excluding hydrogens is 258 g/mol. The van der Waals surface area contributed by atoms with Crippen LogP contribution in [0.15, 0.2) is 24.3 Å². The molecule has 0 atom stereocenters. The van der Waals surface area contributed by atoms with Gasteiger partial charge in [0, 0.05) is 19.5 Å². The Labute approximate surface area is 118 Å². The van der Waals surface area contributed by atoms with Gasteiger partial charge >= 0.3 is 6.03 Å². The van der Waals surface area contributed by atoms with Crippen LogP contribution in [-0.2, 0) is 11.3 Å². The number of benzene rings is 1. The largest absolute Gasteiger partial charge is 0.494 e. The molecule has 1 aromatic carbocycles. The zero-order valence-electron chi connectivity index (χ0n) is 11.6. The molecule has 0 bridgehead atoms. The van der Waals surface area contributed by atoms with E-state index >= 15 is 0 Å². The molecule has 0 saturated carbocycles. The third kappa shape index (κ3) is 6.63. The number of nitrogens with two attached hydrogens (primary N) is 1. The molecule has 4 N–H and O–H groups in total. The molecule has 110 valence electrons. The minimum Gasteiger partial charge on any atom is -0.494 e. The van der Waals surface area contributed by atoms with Gasteiger partial charge in [0.25, 0.3) is 0 Å². The summed E-state index contributed by atoms with van der Waals surface area (Å²) in [6.07, 6.45) is 0.819. The summed E-state index contributed by atoms with van der Waals surface area (Å²) in [6, 6.07) is 7.28. The van der Waals surface area contributed by atoms with Crippen molar-refractivity contribution >= 4 is 11.9 Å². The quantitative estimate of drug-likeness (QED) is 0.623. The smallest absolute Gasteiger partial charge is 0.315 e. The molecule has 0 aliphatic carbocycles. The molecule has 0 saturated heterocycles. The zero-order valence-corrected chi connectivity index (χ0v) is 11.6. The molecule has 0 unspecified atom stereocenters. The highest BCUT2D eigenvalue weighted by Crippen LogP contribution is 2.12. The van der Waals surface area contributed by atoms with Gasteiger partial charge in [-0.1, -0.05) is 12.1 Å². The second-order valence-electron chi connectivity index (χ2n) is 4.26. The maximum Gasteiger partial charge on any atom is 0.315 e. The Hall–Kier alpha value is -2.24. The van der Waals surface area contributed by atoms with Gasteiger partial charge in [-0.2, -0.15) is 0 Å². The number of amides is 3. The first kappa shape index (κ1) is 15.8. The highest BCUT2D eigenvalue weighted by molar-refractivity contribution is 5.75. The molecule has 0 aliphatic heterocycles. The average Bonchev–Trinajstić information content (AvgIpc) is 2.42. The number of rotatable bonds is 8. The Morgan fingerprint density at radius 1 is 1.30 bits per heavy atom. The summed E-state index contributed by atoms with van der Waals surface area (Å²) in [4.78, 5) is 22.0. The third-order valence-electron chi connectivity index (χ3n) is 2.55. The van der Waals surface area contributed by atoms with Crippen molar-refractivity contribution in [3.8, 4) is 5.75 Å². The number of carbonyl (C=O) groups is 2. The molecule has 3 amide bonds. The van der Waals surface area contributed by atoms with Crippen LogP contribution in [0.4, 0.5) is 4.79 Å². The van der Waals surface area contributed by atoms with E-state index in [0.29, 0.717) is 26.1 Å². The van der Waals surface area contributed by atoms with Crippen LogP contribution < -0.4 is 21.1 Å². The van der Waals surface area contributed by atoms with E-state index in [9.17, 15) is 9.59 Å². The molecule has 20 heavy (non-hydrogen) atoms. The van der Waals surface area contributed by atoms with Crippen molar-refractivity contribution in [3.63, 3.8) is 0 Å². The van der Waals surface area contributed by atoms with Crippen LogP contribution in [0.25, 0.3) is 0 Å². The number of hydrogen-bond donors (Lipinski definition) is 3. The van der Waals surface area contributed by atoms with Gasteiger partial charge in [-0.25, -0.2) is 4.79 Å². The van der Waals surface area contributed by atoms with E-state index < -0.39 is 0 Å². The Morgan fingerprint density at radius 2 is 2.10 bits per heavy atom. The first-order chi connectivity index (χ1) is 9.61.